The summed E-state index contributed by atoms with van der Waals surface area (Å²) in [6.45, 7) is -0.537. The highest BCUT2D eigenvalue weighted by Crippen LogP contribution is 2.07. The lowest BCUT2D eigenvalue weighted by Gasteiger charge is -2.05. The largest absolute Gasteiger partial charge is 0.409 e. The molecule has 0 atom stereocenters. The number of rotatable bonds is 5. The third-order valence-electron chi connectivity index (χ3n) is 1.84. The van der Waals surface area contributed by atoms with Gasteiger partial charge in [0.05, 0.1) is 6.61 Å². The average molecular weight is 230 g/mol. The van der Waals surface area contributed by atoms with Crippen molar-refractivity contribution in [2.75, 3.05) is 6.61 Å². The number of ether oxygens (including phenoxy) is 1. The van der Waals surface area contributed by atoms with E-state index in [1.165, 1.54) is 0 Å². The smallest absolute Gasteiger partial charge is 0.261 e. The molecule has 0 amide bonds. The molecule has 1 aromatic rings. The number of oxime groups is 1. The number of nitrogens with zero attached hydrogens (tertiary/aromatic N) is 1. The zero-order valence-electron chi connectivity index (χ0n) is 8.44. The van der Waals surface area contributed by atoms with Gasteiger partial charge in [-0.05, 0) is 11.6 Å². The lowest BCUT2D eigenvalue weighted by Crippen LogP contribution is -2.13. The summed E-state index contributed by atoms with van der Waals surface area (Å²) in [5, 5.41) is 11.3. The monoisotopic (exact) mass is 230 g/mol. The van der Waals surface area contributed by atoms with Crippen LogP contribution >= 0.6 is 0 Å². The number of hydrogen-bond donors (Lipinski definition) is 2. The molecule has 0 saturated heterocycles. The van der Waals surface area contributed by atoms with Gasteiger partial charge in [0.2, 0.25) is 0 Å². The van der Waals surface area contributed by atoms with Crippen molar-refractivity contribution in [3.8, 4) is 0 Å². The van der Waals surface area contributed by atoms with E-state index in [-0.39, 0.29) is 12.4 Å². The number of halogens is 2. The molecule has 4 nitrogen and oxygen atoms in total. The van der Waals surface area contributed by atoms with Gasteiger partial charge in [-0.25, -0.2) is 8.78 Å². The molecule has 16 heavy (non-hydrogen) atoms. The first-order chi connectivity index (χ1) is 7.63. The highest BCUT2D eigenvalue weighted by atomic mass is 19.3. The van der Waals surface area contributed by atoms with Gasteiger partial charge in [0.25, 0.3) is 6.43 Å². The van der Waals surface area contributed by atoms with E-state index in [2.05, 4.69) is 5.16 Å². The fourth-order valence-electron chi connectivity index (χ4n) is 1.14. The van der Waals surface area contributed by atoms with Gasteiger partial charge in [-0.1, -0.05) is 23.4 Å². The Bertz CT molecular complexity index is 370. The van der Waals surface area contributed by atoms with Crippen molar-refractivity contribution in [1.29, 1.82) is 0 Å². The minimum absolute atomic E-state index is 0.0318. The van der Waals surface area contributed by atoms with Crippen LogP contribution in [-0.2, 0) is 11.3 Å². The third kappa shape index (κ3) is 3.82. The highest BCUT2D eigenvalue weighted by molar-refractivity contribution is 5.97. The Labute approximate surface area is 91.3 Å². The third-order valence-corrected chi connectivity index (χ3v) is 1.84. The van der Waals surface area contributed by atoms with Crippen LogP contribution in [0.15, 0.2) is 29.4 Å². The van der Waals surface area contributed by atoms with E-state index in [4.69, 9.17) is 15.7 Å². The van der Waals surface area contributed by atoms with E-state index in [0.717, 1.165) is 0 Å². The van der Waals surface area contributed by atoms with E-state index >= 15 is 0 Å². The van der Waals surface area contributed by atoms with Crippen molar-refractivity contribution < 1.29 is 18.7 Å². The summed E-state index contributed by atoms with van der Waals surface area (Å²) in [6, 6.07) is 6.64. The van der Waals surface area contributed by atoms with Crippen LogP contribution in [0.4, 0.5) is 8.78 Å². The minimum atomic E-state index is -2.48. The Hall–Kier alpha value is -1.69. The van der Waals surface area contributed by atoms with Crippen LogP contribution < -0.4 is 5.73 Å². The lowest BCUT2D eigenvalue weighted by molar-refractivity contribution is 0.00988. The van der Waals surface area contributed by atoms with E-state index < -0.39 is 13.0 Å². The molecule has 6 heteroatoms. The van der Waals surface area contributed by atoms with Crippen LogP contribution in [0.2, 0.25) is 0 Å². The lowest BCUT2D eigenvalue weighted by atomic mass is 10.1. The second-order valence-electron chi connectivity index (χ2n) is 3.09. The zero-order chi connectivity index (χ0) is 12.0. The van der Waals surface area contributed by atoms with Gasteiger partial charge < -0.3 is 15.7 Å². The standard InChI is InChI=1S/C10H12F2N2O2/c11-9(12)6-16-5-7-2-1-3-8(4-7)10(13)14-15/h1-4,9,15H,5-6H2,(H2,13,14). The Morgan fingerprint density at radius 1 is 1.50 bits per heavy atom. The quantitative estimate of drug-likeness (QED) is 0.349. The van der Waals surface area contributed by atoms with Crippen molar-refractivity contribution in [2.45, 2.75) is 13.0 Å². The van der Waals surface area contributed by atoms with Crippen molar-refractivity contribution in [2.24, 2.45) is 10.9 Å². The van der Waals surface area contributed by atoms with Crippen LogP contribution in [0.25, 0.3) is 0 Å². The van der Waals surface area contributed by atoms with E-state index in [1.807, 2.05) is 0 Å². The molecule has 1 rings (SSSR count). The summed E-state index contributed by atoms with van der Waals surface area (Å²) in [6.07, 6.45) is -2.48. The van der Waals surface area contributed by atoms with Gasteiger partial charge in [-0.2, -0.15) is 0 Å². The Morgan fingerprint density at radius 2 is 2.25 bits per heavy atom. The highest BCUT2D eigenvalue weighted by Gasteiger charge is 2.04. The van der Waals surface area contributed by atoms with E-state index in [9.17, 15) is 8.78 Å². The Kier molecular flexibility index (Phi) is 4.65. The molecule has 88 valence electrons. The first-order valence-electron chi connectivity index (χ1n) is 4.56. The van der Waals surface area contributed by atoms with E-state index in [0.29, 0.717) is 11.1 Å². The molecule has 0 radical (unpaired) electrons. The molecule has 1 aromatic carbocycles. The first kappa shape index (κ1) is 12.4. The van der Waals surface area contributed by atoms with Crippen LogP contribution in [0.5, 0.6) is 0 Å². The van der Waals surface area contributed by atoms with Gasteiger partial charge in [0, 0.05) is 5.56 Å². The fourth-order valence-corrected chi connectivity index (χ4v) is 1.14. The predicted molar refractivity (Wildman–Crippen MR) is 54.6 cm³/mol. The number of amidine groups is 1. The SMILES string of the molecule is N/C(=N/O)c1cccc(COCC(F)F)c1. The first-order valence-corrected chi connectivity index (χ1v) is 4.56. The molecule has 3 N–H and O–H groups in total. The maximum atomic E-state index is 11.8. The molecule has 0 spiro atoms. The second-order valence-corrected chi connectivity index (χ2v) is 3.09. The van der Waals surface area contributed by atoms with Crippen molar-refractivity contribution >= 4 is 5.84 Å². The van der Waals surface area contributed by atoms with Gasteiger partial charge in [-0.15, -0.1) is 0 Å². The molecule has 0 aliphatic rings. The summed E-state index contributed by atoms with van der Waals surface area (Å²) in [5.41, 5.74) is 6.58. The molecular weight excluding hydrogens is 218 g/mol. The van der Waals surface area contributed by atoms with Crippen LogP contribution in [0.3, 0.4) is 0 Å². The molecule has 0 aromatic heterocycles. The van der Waals surface area contributed by atoms with Crippen LogP contribution in [0, 0.1) is 0 Å². The second kappa shape index (κ2) is 6.02. The molecular formula is C10H12F2N2O2. The molecule has 0 unspecified atom stereocenters. The maximum absolute atomic E-state index is 11.8. The van der Waals surface area contributed by atoms with Crippen molar-refractivity contribution in [3.05, 3.63) is 35.4 Å². The van der Waals surface area contributed by atoms with Crippen LogP contribution in [0.1, 0.15) is 11.1 Å². The van der Waals surface area contributed by atoms with Crippen LogP contribution in [-0.4, -0.2) is 24.1 Å². The molecule has 0 heterocycles. The summed E-state index contributed by atoms with van der Waals surface area (Å²) >= 11 is 0. The molecule has 0 aliphatic carbocycles. The summed E-state index contributed by atoms with van der Waals surface area (Å²) in [5.74, 6) is -0.0318. The number of nitrogens with two attached hydrogens (primary N) is 1. The summed E-state index contributed by atoms with van der Waals surface area (Å²) in [7, 11) is 0. The number of benzene rings is 1. The molecule has 0 saturated carbocycles. The van der Waals surface area contributed by atoms with Gasteiger partial charge in [0.15, 0.2) is 5.84 Å². The Balaban J connectivity index is 2.61. The number of hydrogen-bond acceptors (Lipinski definition) is 3. The topological polar surface area (TPSA) is 67.8 Å². The van der Waals surface area contributed by atoms with E-state index in [1.54, 1.807) is 24.3 Å². The Morgan fingerprint density at radius 3 is 2.88 bits per heavy atom. The fraction of sp³-hybridized carbons (Fsp3) is 0.300. The summed E-state index contributed by atoms with van der Waals surface area (Å²) in [4.78, 5) is 0. The molecule has 0 aliphatic heterocycles. The number of alkyl halides is 2. The average Bonchev–Trinajstić information content (AvgIpc) is 2.28. The zero-order valence-corrected chi connectivity index (χ0v) is 8.44. The predicted octanol–water partition coefficient (Wildman–Crippen LogP) is 1.56. The van der Waals surface area contributed by atoms with Crippen molar-refractivity contribution in [3.63, 3.8) is 0 Å². The van der Waals surface area contributed by atoms with Gasteiger partial charge >= 0.3 is 0 Å². The maximum Gasteiger partial charge on any atom is 0.261 e. The molecule has 0 fully saturated rings. The van der Waals surface area contributed by atoms with Crippen molar-refractivity contribution in [1.82, 2.24) is 0 Å². The summed E-state index contributed by atoms with van der Waals surface area (Å²) < 4.78 is 28.4. The van der Waals surface area contributed by atoms with Gasteiger partial charge in [0.1, 0.15) is 6.61 Å². The normalized spacial score (nSPS) is 12.1. The molecule has 0 bridgehead atoms. The van der Waals surface area contributed by atoms with Gasteiger partial charge in [-0.3, -0.25) is 0 Å². The minimum Gasteiger partial charge on any atom is -0.409 e.